The number of esters is 1. The summed E-state index contributed by atoms with van der Waals surface area (Å²) in [5, 5.41) is 0. The van der Waals surface area contributed by atoms with E-state index in [1.54, 1.807) is 0 Å². The number of rotatable bonds is 5. The molecule has 1 rings (SSSR count). The summed E-state index contributed by atoms with van der Waals surface area (Å²) in [5.41, 5.74) is -1.71. The number of ether oxygens (including phenoxy) is 1. The van der Waals surface area contributed by atoms with E-state index in [1.807, 2.05) is 0 Å². The number of carbonyl (C=O) groups excluding carboxylic acids is 1. The molecule has 0 aliphatic carbocycles. The van der Waals surface area contributed by atoms with Gasteiger partial charge >= 0.3 is 23.7 Å². The summed E-state index contributed by atoms with van der Waals surface area (Å²) in [5.74, 6) is -29.1. The predicted molar refractivity (Wildman–Crippen MR) is 56.6 cm³/mol. The van der Waals surface area contributed by atoms with E-state index in [-0.39, 0.29) is 6.07 Å². The monoisotopic (exact) mass is 372 g/mol. The van der Waals surface area contributed by atoms with Gasteiger partial charge in [-0.1, -0.05) is 0 Å². The number of hydrogen-bond acceptors (Lipinski definition) is 2. The molecule has 0 N–H and O–H groups in total. The Labute approximate surface area is 127 Å². The maximum absolute atomic E-state index is 13.2. The lowest BCUT2D eigenvalue weighted by atomic mass is 10.1. The van der Waals surface area contributed by atoms with Crippen LogP contribution in [0.4, 0.5) is 43.9 Å². The van der Waals surface area contributed by atoms with E-state index in [0.29, 0.717) is 0 Å². The molecule has 0 aliphatic rings. The molecule has 0 spiro atoms. The highest BCUT2D eigenvalue weighted by Gasteiger charge is 2.73. The number of hydrogen-bond donors (Lipinski definition) is 0. The minimum Gasteiger partial charge on any atom is -0.456 e. The predicted octanol–water partition coefficient (Wildman–Crippen LogP) is 4.21. The van der Waals surface area contributed by atoms with Gasteiger partial charge in [-0.25, -0.2) is 22.4 Å². The van der Waals surface area contributed by atoms with Gasteiger partial charge in [0.1, 0.15) is 6.61 Å². The SMILES string of the molecule is CC(F)(F)C(F)(F)C(F)(F)C(=O)OCc1c(F)c(F)cc(F)c1F. The molecule has 0 saturated carbocycles. The van der Waals surface area contributed by atoms with Crippen LogP contribution in [-0.2, 0) is 16.1 Å². The van der Waals surface area contributed by atoms with Crippen LogP contribution < -0.4 is 0 Å². The van der Waals surface area contributed by atoms with Crippen molar-refractivity contribution in [2.24, 2.45) is 0 Å². The van der Waals surface area contributed by atoms with Crippen LogP contribution in [0, 0.1) is 23.3 Å². The number of alkyl halides is 6. The summed E-state index contributed by atoms with van der Waals surface area (Å²) >= 11 is 0. The lowest BCUT2D eigenvalue weighted by Crippen LogP contribution is -2.57. The molecule has 0 radical (unpaired) electrons. The maximum Gasteiger partial charge on any atom is 0.410 e. The third-order valence-corrected chi connectivity index (χ3v) is 2.75. The van der Waals surface area contributed by atoms with E-state index >= 15 is 0 Å². The van der Waals surface area contributed by atoms with Crippen molar-refractivity contribution in [1.29, 1.82) is 0 Å². The van der Waals surface area contributed by atoms with Crippen molar-refractivity contribution in [3.05, 3.63) is 34.9 Å². The molecule has 0 bridgehead atoms. The molecule has 0 aliphatic heterocycles. The quantitative estimate of drug-likeness (QED) is 0.440. The van der Waals surface area contributed by atoms with Crippen LogP contribution in [0.15, 0.2) is 6.07 Å². The minimum atomic E-state index is -6.19. The maximum atomic E-state index is 13.2. The lowest BCUT2D eigenvalue weighted by molar-refractivity contribution is -0.299. The standard InChI is InChI=1S/C12H6F10O2/c1-10(17,18)12(21,22)11(19,20)9(23)24-3-4-7(15)5(13)2-6(14)8(4)16/h2H,3H2,1H3. The molecule has 0 unspecified atom stereocenters. The highest BCUT2D eigenvalue weighted by molar-refractivity contribution is 5.79. The molecule has 24 heavy (non-hydrogen) atoms. The largest absolute Gasteiger partial charge is 0.456 e. The molecule has 0 amide bonds. The van der Waals surface area contributed by atoms with Crippen LogP contribution in [-0.4, -0.2) is 23.7 Å². The molecule has 0 saturated heterocycles. The van der Waals surface area contributed by atoms with Gasteiger partial charge in [-0.05, 0) is 0 Å². The Morgan fingerprint density at radius 2 is 1.38 bits per heavy atom. The van der Waals surface area contributed by atoms with Crippen LogP contribution in [0.25, 0.3) is 0 Å². The second kappa shape index (κ2) is 6.13. The minimum absolute atomic E-state index is 0.254. The molecule has 0 atom stereocenters. The normalized spacial score (nSPS) is 13.1. The Morgan fingerprint density at radius 3 is 1.75 bits per heavy atom. The smallest absolute Gasteiger partial charge is 0.410 e. The van der Waals surface area contributed by atoms with Crippen molar-refractivity contribution < 1.29 is 53.4 Å². The zero-order valence-corrected chi connectivity index (χ0v) is 11.4. The Kier molecular flexibility index (Phi) is 5.12. The molecular formula is C12H6F10O2. The van der Waals surface area contributed by atoms with Gasteiger partial charge in [-0.3, -0.25) is 0 Å². The van der Waals surface area contributed by atoms with Gasteiger partial charge in [-0.15, -0.1) is 0 Å². The Bertz CT molecular complexity index is 624. The van der Waals surface area contributed by atoms with Crippen LogP contribution in [0.2, 0.25) is 0 Å². The van der Waals surface area contributed by atoms with Crippen molar-refractivity contribution in [3.8, 4) is 0 Å². The second-order valence-corrected chi connectivity index (χ2v) is 4.56. The highest BCUT2D eigenvalue weighted by atomic mass is 19.3. The van der Waals surface area contributed by atoms with Gasteiger partial charge < -0.3 is 4.74 Å². The Hall–Kier alpha value is -2.01. The fourth-order valence-corrected chi connectivity index (χ4v) is 1.38. The van der Waals surface area contributed by atoms with Crippen LogP contribution in [0.5, 0.6) is 0 Å². The van der Waals surface area contributed by atoms with Crippen molar-refractivity contribution in [2.75, 3.05) is 0 Å². The third kappa shape index (κ3) is 3.26. The molecule has 1 aromatic rings. The molecule has 0 fully saturated rings. The number of carbonyl (C=O) groups is 1. The zero-order valence-electron chi connectivity index (χ0n) is 11.4. The number of halogens is 10. The number of benzene rings is 1. The summed E-state index contributed by atoms with van der Waals surface area (Å²) in [7, 11) is 0. The molecule has 2 nitrogen and oxygen atoms in total. The van der Waals surface area contributed by atoms with E-state index in [9.17, 15) is 48.7 Å². The van der Waals surface area contributed by atoms with Gasteiger partial charge in [0, 0.05) is 13.0 Å². The average Bonchev–Trinajstić information content (AvgIpc) is 2.43. The molecule has 0 aromatic heterocycles. The fraction of sp³-hybridized carbons (Fsp3) is 0.417. The average molecular weight is 372 g/mol. The van der Waals surface area contributed by atoms with Crippen molar-refractivity contribution in [1.82, 2.24) is 0 Å². The summed E-state index contributed by atoms with van der Waals surface area (Å²) in [4.78, 5) is 10.9. The Morgan fingerprint density at radius 1 is 0.958 bits per heavy atom. The van der Waals surface area contributed by atoms with Crippen molar-refractivity contribution in [3.63, 3.8) is 0 Å². The van der Waals surface area contributed by atoms with E-state index in [0.717, 1.165) is 0 Å². The van der Waals surface area contributed by atoms with Gasteiger partial charge in [0.25, 0.3) is 0 Å². The third-order valence-electron chi connectivity index (χ3n) is 2.75. The lowest BCUT2D eigenvalue weighted by Gasteiger charge is -2.29. The van der Waals surface area contributed by atoms with E-state index in [4.69, 9.17) is 0 Å². The first-order chi connectivity index (χ1) is 10.6. The van der Waals surface area contributed by atoms with Gasteiger partial charge in [0.05, 0.1) is 5.56 Å². The highest BCUT2D eigenvalue weighted by Crippen LogP contribution is 2.46. The Balaban J connectivity index is 3.07. The first-order valence-corrected chi connectivity index (χ1v) is 5.77. The van der Waals surface area contributed by atoms with E-state index < -0.39 is 66.1 Å². The second-order valence-electron chi connectivity index (χ2n) is 4.56. The molecular weight excluding hydrogens is 366 g/mol. The fourth-order valence-electron chi connectivity index (χ4n) is 1.38. The summed E-state index contributed by atoms with van der Waals surface area (Å²) in [6.45, 7) is -2.54. The molecule has 1 aromatic carbocycles. The van der Waals surface area contributed by atoms with Crippen molar-refractivity contribution in [2.45, 2.75) is 31.3 Å². The zero-order chi connectivity index (χ0) is 19.1. The molecule has 0 heterocycles. The van der Waals surface area contributed by atoms with Crippen LogP contribution >= 0.6 is 0 Å². The summed E-state index contributed by atoms with van der Waals surface area (Å²) in [6, 6.07) is -0.254. The van der Waals surface area contributed by atoms with Gasteiger partial charge in [0.15, 0.2) is 23.3 Å². The van der Waals surface area contributed by atoms with Gasteiger partial charge in [0.2, 0.25) is 0 Å². The van der Waals surface area contributed by atoms with E-state index in [2.05, 4.69) is 4.74 Å². The molecule has 12 heteroatoms. The first-order valence-electron chi connectivity index (χ1n) is 5.77. The summed E-state index contributed by atoms with van der Waals surface area (Å²) in [6.07, 6.45) is 0. The summed E-state index contributed by atoms with van der Waals surface area (Å²) < 4.78 is 132. The first kappa shape index (κ1) is 20.0. The van der Waals surface area contributed by atoms with Gasteiger partial charge in [-0.2, -0.15) is 26.3 Å². The topological polar surface area (TPSA) is 26.3 Å². The van der Waals surface area contributed by atoms with Crippen LogP contribution in [0.3, 0.4) is 0 Å². The van der Waals surface area contributed by atoms with Crippen LogP contribution in [0.1, 0.15) is 12.5 Å². The molecule has 136 valence electrons. The van der Waals surface area contributed by atoms with E-state index in [1.165, 1.54) is 0 Å². The van der Waals surface area contributed by atoms with Crippen molar-refractivity contribution >= 4 is 5.97 Å².